The van der Waals surface area contributed by atoms with E-state index in [1.165, 1.54) is 0 Å². The minimum absolute atomic E-state index is 0.282. The number of aryl methyl sites for hydroxylation is 3. The molecule has 14 heavy (non-hydrogen) atoms. The van der Waals surface area contributed by atoms with E-state index in [-0.39, 0.29) is 5.97 Å². The Kier molecular flexibility index (Phi) is 3.23. The Balaban J connectivity index is 3.14. The average Bonchev–Trinajstić information content (AvgIpc) is 2.01. The number of carbonyl (C=O) groups is 1. The highest BCUT2D eigenvalue weighted by atomic mass is 16.5. The van der Waals surface area contributed by atoms with E-state index >= 15 is 0 Å². The highest BCUT2D eigenvalue weighted by molar-refractivity contribution is 5.92. The van der Waals surface area contributed by atoms with Crippen molar-refractivity contribution in [2.45, 2.75) is 27.7 Å². The molecule has 0 amide bonds. The molecule has 0 bridgehead atoms. The van der Waals surface area contributed by atoms with E-state index in [0.29, 0.717) is 12.2 Å². The molecule has 1 rings (SSSR count). The second-order valence-corrected chi connectivity index (χ2v) is 3.26. The fourth-order valence-corrected chi connectivity index (χ4v) is 1.54. The maximum absolute atomic E-state index is 11.5. The van der Waals surface area contributed by atoms with Gasteiger partial charge in [-0.25, -0.2) is 4.79 Å². The molecule has 0 unspecified atom stereocenters. The minimum Gasteiger partial charge on any atom is -0.462 e. The molecule has 0 fully saturated rings. The summed E-state index contributed by atoms with van der Waals surface area (Å²) in [7, 11) is 0. The Hall–Kier alpha value is -1.38. The second-order valence-electron chi connectivity index (χ2n) is 3.26. The summed E-state index contributed by atoms with van der Waals surface area (Å²) in [5.74, 6) is -0.282. The third-order valence-electron chi connectivity index (χ3n) is 2.01. The van der Waals surface area contributed by atoms with Gasteiger partial charge < -0.3 is 4.74 Å². The van der Waals surface area contributed by atoms with E-state index in [2.05, 4.69) is 4.98 Å². The number of rotatable bonds is 2. The van der Waals surface area contributed by atoms with Gasteiger partial charge in [0.05, 0.1) is 17.9 Å². The normalized spacial score (nSPS) is 10.0. The Morgan fingerprint density at radius 3 is 2.57 bits per heavy atom. The van der Waals surface area contributed by atoms with Crippen LogP contribution in [0.2, 0.25) is 0 Å². The third-order valence-corrected chi connectivity index (χ3v) is 2.01. The predicted molar refractivity (Wildman–Crippen MR) is 54.4 cm³/mol. The minimum atomic E-state index is -0.282. The van der Waals surface area contributed by atoms with Crippen molar-refractivity contribution < 1.29 is 9.53 Å². The zero-order valence-electron chi connectivity index (χ0n) is 9.05. The van der Waals surface area contributed by atoms with Crippen molar-refractivity contribution in [2.75, 3.05) is 6.61 Å². The maximum atomic E-state index is 11.5. The van der Waals surface area contributed by atoms with Crippen molar-refractivity contribution in [3.8, 4) is 0 Å². The molecule has 0 aliphatic heterocycles. The lowest BCUT2D eigenvalue weighted by Crippen LogP contribution is -2.10. The number of ether oxygens (including phenoxy) is 1. The van der Waals surface area contributed by atoms with Gasteiger partial charge in [-0.2, -0.15) is 0 Å². The predicted octanol–water partition coefficient (Wildman–Crippen LogP) is 2.18. The van der Waals surface area contributed by atoms with Crippen molar-refractivity contribution >= 4 is 5.97 Å². The van der Waals surface area contributed by atoms with Crippen molar-refractivity contribution in [3.63, 3.8) is 0 Å². The third kappa shape index (κ3) is 2.10. The molecular formula is C11H15NO2. The summed E-state index contributed by atoms with van der Waals surface area (Å²) in [6.07, 6.45) is 0. The topological polar surface area (TPSA) is 39.2 Å². The molecule has 3 heteroatoms. The van der Waals surface area contributed by atoms with Crippen LogP contribution in [0, 0.1) is 20.8 Å². The van der Waals surface area contributed by atoms with E-state index in [4.69, 9.17) is 4.74 Å². The molecule has 0 saturated heterocycles. The molecule has 0 saturated carbocycles. The monoisotopic (exact) mass is 193 g/mol. The number of carbonyl (C=O) groups excluding carboxylic acids is 1. The number of nitrogens with zero attached hydrogens (tertiary/aromatic N) is 1. The van der Waals surface area contributed by atoms with Crippen molar-refractivity contribution in [1.82, 2.24) is 4.98 Å². The first kappa shape index (κ1) is 10.7. The SMILES string of the molecule is CCOC(=O)c1c(C)cc(C)nc1C. The van der Waals surface area contributed by atoms with Gasteiger partial charge in [-0.15, -0.1) is 0 Å². The lowest BCUT2D eigenvalue weighted by Gasteiger charge is -2.08. The molecule has 0 aliphatic carbocycles. The van der Waals surface area contributed by atoms with Crippen LogP contribution in [0.15, 0.2) is 6.07 Å². The largest absolute Gasteiger partial charge is 0.462 e. The number of aromatic nitrogens is 1. The zero-order valence-corrected chi connectivity index (χ0v) is 9.05. The van der Waals surface area contributed by atoms with Crippen LogP contribution in [0.25, 0.3) is 0 Å². The quantitative estimate of drug-likeness (QED) is 0.676. The molecule has 0 aromatic carbocycles. The summed E-state index contributed by atoms with van der Waals surface area (Å²) in [6.45, 7) is 7.82. The highest BCUT2D eigenvalue weighted by Gasteiger charge is 2.14. The molecule has 0 atom stereocenters. The summed E-state index contributed by atoms with van der Waals surface area (Å²) in [5, 5.41) is 0. The Bertz CT molecular complexity index is 335. The summed E-state index contributed by atoms with van der Waals surface area (Å²) in [5.41, 5.74) is 3.18. The van der Waals surface area contributed by atoms with Crippen molar-refractivity contribution in [2.24, 2.45) is 0 Å². The van der Waals surface area contributed by atoms with E-state index < -0.39 is 0 Å². The highest BCUT2D eigenvalue weighted by Crippen LogP contribution is 2.14. The fraction of sp³-hybridized carbons (Fsp3) is 0.455. The van der Waals surface area contributed by atoms with E-state index in [0.717, 1.165) is 17.0 Å². The average molecular weight is 193 g/mol. The van der Waals surface area contributed by atoms with Crippen molar-refractivity contribution in [3.05, 3.63) is 28.6 Å². The van der Waals surface area contributed by atoms with Crippen LogP contribution in [-0.4, -0.2) is 17.6 Å². The van der Waals surface area contributed by atoms with Gasteiger partial charge in [0.1, 0.15) is 0 Å². The smallest absolute Gasteiger partial charge is 0.340 e. The van der Waals surface area contributed by atoms with Gasteiger partial charge in [0, 0.05) is 5.69 Å². The van der Waals surface area contributed by atoms with Gasteiger partial charge in [-0.1, -0.05) is 0 Å². The van der Waals surface area contributed by atoms with Gasteiger partial charge in [-0.05, 0) is 39.3 Å². The lowest BCUT2D eigenvalue weighted by molar-refractivity contribution is 0.0524. The van der Waals surface area contributed by atoms with Gasteiger partial charge in [0.25, 0.3) is 0 Å². The lowest BCUT2D eigenvalue weighted by atomic mass is 10.1. The van der Waals surface area contributed by atoms with E-state index in [1.54, 1.807) is 6.92 Å². The van der Waals surface area contributed by atoms with Crippen LogP contribution in [0.1, 0.15) is 34.2 Å². The summed E-state index contributed by atoms with van der Waals surface area (Å²) in [4.78, 5) is 15.8. The molecule has 76 valence electrons. The summed E-state index contributed by atoms with van der Waals surface area (Å²) >= 11 is 0. The molecule has 0 spiro atoms. The van der Waals surface area contributed by atoms with Crippen molar-refractivity contribution in [1.29, 1.82) is 0 Å². The first-order chi connectivity index (χ1) is 6.56. The maximum Gasteiger partial charge on any atom is 0.340 e. The molecule has 0 N–H and O–H groups in total. The molecule has 1 aromatic heterocycles. The van der Waals surface area contributed by atoms with Gasteiger partial charge in [0.2, 0.25) is 0 Å². The van der Waals surface area contributed by atoms with Gasteiger partial charge >= 0.3 is 5.97 Å². The first-order valence-corrected chi connectivity index (χ1v) is 4.68. The van der Waals surface area contributed by atoms with E-state index in [1.807, 2.05) is 26.8 Å². The van der Waals surface area contributed by atoms with Crippen LogP contribution in [0.4, 0.5) is 0 Å². The molecule has 3 nitrogen and oxygen atoms in total. The van der Waals surface area contributed by atoms with Gasteiger partial charge in [0.15, 0.2) is 0 Å². The molecular weight excluding hydrogens is 178 g/mol. The standard InChI is InChI=1S/C11H15NO2/c1-5-14-11(13)10-7(2)6-8(3)12-9(10)4/h6H,5H2,1-4H3. The number of hydrogen-bond acceptors (Lipinski definition) is 3. The van der Waals surface area contributed by atoms with Crippen LogP contribution in [0.3, 0.4) is 0 Å². The Morgan fingerprint density at radius 1 is 1.43 bits per heavy atom. The Labute approximate surface area is 84.1 Å². The summed E-state index contributed by atoms with van der Waals surface area (Å²) < 4.78 is 4.95. The van der Waals surface area contributed by atoms with E-state index in [9.17, 15) is 4.79 Å². The molecule has 1 heterocycles. The summed E-state index contributed by atoms with van der Waals surface area (Å²) in [6, 6.07) is 1.89. The Morgan fingerprint density at radius 2 is 2.07 bits per heavy atom. The number of pyridine rings is 1. The number of hydrogen-bond donors (Lipinski definition) is 0. The molecule has 0 aliphatic rings. The second kappa shape index (κ2) is 4.22. The van der Waals surface area contributed by atoms with Crippen LogP contribution in [0.5, 0.6) is 0 Å². The fourth-order valence-electron chi connectivity index (χ4n) is 1.54. The van der Waals surface area contributed by atoms with Crippen LogP contribution < -0.4 is 0 Å². The molecule has 0 radical (unpaired) electrons. The van der Waals surface area contributed by atoms with Crippen LogP contribution >= 0.6 is 0 Å². The first-order valence-electron chi connectivity index (χ1n) is 4.68. The van der Waals surface area contributed by atoms with Crippen LogP contribution in [-0.2, 0) is 4.74 Å². The number of esters is 1. The zero-order chi connectivity index (χ0) is 10.7. The molecule has 1 aromatic rings. The van der Waals surface area contributed by atoms with Gasteiger partial charge in [-0.3, -0.25) is 4.98 Å².